The predicted octanol–water partition coefficient (Wildman–Crippen LogP) is 1.26. The van der Waals surface area contributed by atoms with Gasteiger partial charge in [-0.05, 0) is 19.3 Å². The highest BCUT2D eigenvalue weighted by molar-refractivity contribution is 5.70. The maximum Gasteiger partial charge on any atom is 0.307 e. The lowest BCUT2D eigenvalue weighted by molar-refractivity contribution is -0.142. The van der Waals surface area contributed by atoms with Crippen LogP contribution in [0.4, 0.5) is 0 Å². The molecule has 15 heavy (non-hydrogen) atoms. The summed E-state index contributed by atoms with van der Waals surface area (Å²) in [5.41, 5.74) is 0. The zero-order valence-corrected chi connectivity index (χ0v) is 9.37. The Labute approximate surface area is 91.0 Å². The first-order valence-electron chi connectivity index (χ1n) is 5.69. The van der Waals surface area contributed by atoms with Gasteiger partial charge in [0.25, 0.3) is 0 Å². The molecule has 1 fully saturated rings. The van der Waals surface area contributed by atoms with Gasteiger partial charge in [-0.3, -0.25) is 4.79 Å². The number of ether oxygens (including phenoxy) is 1. The van der Waals surface area contributed by atoms with E-state index in [2.05, 4.69) is 5.32 Å². The van der Waals surface area contributed by atoms with Crippen LogP contribution in [-0.2, 0) is 9.53 Å². The van der Waals surface area contributed by atoms with Crippen molar-refractivity contribution in [3.8, 4) is 0 Å². The minimum absolute atomic E-state index is 0.314. The van der Waals surface area contributed by atoms with Crippen molar-refractivity contribution >= 4 is 5.97 Å². The SMILES string of the molecule is COCCC(CNC1CCCC1)C(=O)O. The average molecular weight is 215 g/mol. The molecule has 1 unspecified atom stereocenters. The molecule has 1 aliphatic rings. The van der Waals surface area contributed by atoms with Crippen LogP contribution in [0.15, 0.2) is 0 Å². The number of hydrogen-bond acceptors (Lipinski definition) is 3. The van der Waals surface area contributed by atoms with Crippen molar-refractivity contribution in [2.24, 2.45) is 5.92 Å². The topological polar surface area (TPSA) is 58.6 Å². The Hall–Kier alpha value is -0.610. The number of carboxylic acid groups (broad SMARTS) is 1. The summed E-state index contributed by atoms with van der Waals surface area (Å²) in [7, 11) is 1.60. The van der Waals surface area contributed by atoms with E-state index in [9.17, 15) is 4.79 Å². The smallest absolute Gasteiger partial charge is 0.307 e. The Bertz CT molecular complexity index is 190. The monoisotopic (exact) mass is 215 g/mol. The Balaban J connectivity index is 2.20. The Morgan fingerprint density at radius 2 is 2.20 bits per heavy atom. The molecule has 0 amide bonds. The molecule has 0 spiro atoms. The molecule has 0 bridgehead atoms. The lowest BCUT2D eigenvalue weighted by Gasteiger charge is -2.16. The molecule has 4 heteroatoms. The van der Waals surface area contributed by atoms with E-state index in [0.717, 1.165) is 0 Å². The quantitative estimate of drug-likeness (QED) is 0.671. The molecule has 0 heterocycles. The third-order valence-electron chi connectivity index (χ3n) is 3.03. The Morgan fingerprint density at radius 1 is 1.53 bits per heavy atom. The van der Waals surface area contributed by atoms with Crippen LogP contribution in [0.25, 0.3) is 0 Å². The van der Waals surface area contributed by atoms with E-state index in [1.165, 1.54) is 25.7 Å². The predicted molar refractivity (Wildman–Crippen MR) is 57.9 cm³/mol. The second-order valence-corrected chi connectivity index (χ2v) is 4.21. The first-order valence-corrected chi connectivity index (χ1v) is 5.69. The van der Waals surface area contributed by atoms with Crippen LogP contribution in [0.1, 0.15) is 32.1 Å². The van der Waals surface area contributed by atoms with Gasteiger partial charge in [0.1, 0.15) is 0 Å². The standard InChI is InChI=1S/C11H21NO3/c1-15-7-6-9(11(13)14)8-12-10-4-2-3-5-10/h9-10,12H,2-8H2,1H3,(H,13,14). The van der Waals surface area contributed by atoms with Crippen LogP contribution in [0.5, 0.6) is 0 Å². The lowest BCUT2D eigenvalue weighted by atomic mass is 10.1. The van der Waals surface area contributed by atoms with E-state index in [1.807, 2.05) is 0 Å². The van der Waals surface area contributed by atoms with Crippen molar-refractivity contribution in [1.82, 2.24) is 5.32 Å². The van der Waals surface area contributed by atoms with Crippen LogP contribution >= 0.6 is 0 Å². The van der Waals surface area contributed by atoms with Gasteiger partial charge in [0, 0.05) is 26.3 Å². The summed E-state index contributed by atoms with van der Waals surface area (Å²) in [4.78, 5) is 10.9. The third kappa shape index (κ3) is 4.62. The van der Waals surface area contributed by atoms with Crippen molar-refractivity contribution in [1.29, 1.82) is 0 Å². The zero-order valence-electron chi connectivity index (χ0n) is 9.37. The molecule has 0 saturated heterocycles. The lowest BCUT2D eigenvalue weighted by Crippen LogP contribution is -2.35. The van der Waals surface area contributed by atoms with E-state index < -0.39 is 5.97 Å². The van der Waals surface area contributed by atoms with Crippen LogP contribution in [0.2, 0.25) is 0 Å². The van der Waals surface area contributed by atoms with E-state index in [4.69, 9.17) is 9.84 Å². The summed E-state index contributed by atoms with van der Waals surface area (Å²) in [5, 5.41) is 12.3. The summed E-state index contributed by atoms with van der Waals surface area (Å²) in [6.45, 7) is 1.09. The van der Waals surface area contributed by atoms with Crippen molar-refractivity contribution < 1.29 is 14.6 Å². The molecule has 0 aliphatic heterocycles. The molecule has 1 aliphatic carbocycles. The van der Waals surface area contributed by atoms with Crippen molar-refractivity contribution in [3.05, 3.63) is 0 Å². The maximum absolute atomic E-state index is 10.9. The number of carboxylic acids is 1. The summed E-state index contributed by atoms with van der Waals surface area (Å²) in [5.74, 6) is -1.04. The zero-order chi connectivity index (χ0) is 11.1. The van der Waals surface area contributed by atoms with Crippen molar-refractivity contribution in [3.63, 3.8) is 0 Å². The second kappa shape index (κ2) is 6.80. The van der Waals surface area contributed by atoms with Crippen molar-refractivity contribution in [2.75, 3.05) is 20.3 Å². The third-order valence-corrected chi connectivity index (χ3v) is 3.03. The minimum atomic E-state index is -0.724. The Morgan fingerprint density at radius 3 is 2.73 bits per heavy atom. The average Bonchev–Trinajstić information content (AvgIpc) is 2.70. The van der Waals surface area contributed by atoms with E-state index >= 15 is 0 Å². The summed E-state index contributed by atoms with van der Waals surface area (Å²) in [6, 6.07) is 0.536. The number of hydrogen-bond donors (Lipinski definition) is 2. The molecule has 1 atom stereocenters. The highest BCUT2D eigenvalue weighted by Crippen LogP contribution is 2.18. The van der Waals surface area contributed by atoms with Gasteiger partial charge in [-0.25, -0.2) is 0 Å². The summed E-state index contributed by atoms with van der Waals surface area (Å²) < 4.78 is 4.90. The van der Waals surface area contributed by atoms with E-state index in [0.29, 0.717) is 25.6 Å². The summed E-state index contributed by atoms with van der Waals surface area (Å²) >= 11 is 0. The fraction of sp³-hybridized carbons (Fsp3) is 0.909. The van der Waals surface area contributed by atoms with Crippen LogP contribution in [0.3, 0.4) is 0 Å². The van der Waals surface area contributed by atoms with E-state index in [1.54, 1.807) is 7.11 Å². The largest absolute Gasteiger partial charge is 0.481 e. The number of methoxy groups -OCH3 is 1. The first kappa shape index (κ1) is 12.5. The molecule has 88 valence electrons. The number of aliphatic carboxylic acids is 1. The van der Waals surface area contributed by atoms with E-state index in [-0.39, 0.29) is 5.92 Å². The van der Waals surface area contributed by atoms with Gasteiger partial charge in [-0.1, -0.05) is 12.8 Å². The molecular weight excluding hydrogens is 194 g/mol. The van der Waals surface area contributed by atoms with Gasteiger partial charge in [0.05, 0.1) is 5.92 Å². The molecule has 2 N–H and O–H groups in total. The van der Waals surface area contributed by atoms with Crippen LogP contribution in [0, 0.1) is 5.92 Å². The van der Waals surface area contributed by atoms with Gasteiger partial charge in [-0.15, -0.1) is 0 Å². The Kier molecular flexibility index (Phi) is 5.65. The second-order valence-electron chi connectivity index (χ2n) is 4.21. The van der Waals surface area contributed by atoms with Gasteiger partial charge in [0.2, 0.25) is 0 Å². The highest BCUT2D eigenvalue weighted by Gasteiger charge is 2.20. The normalized spacial score (nSPS) is 19.3. The molecule has 1 rings (SSSR count). The fourth-order valence-corrected chi connectivity index (χ4v) is 2.01. The van der Waals surface area contributed by atoms with Crippen LogP contribution < -0.4 is 5.32 Å². The van der Waals surface area contributed by atoms with Gasteiger partial charge >= 0.3 is 5.97 Å². The van der Waals surface area contributed by atoms with Gasteiger partial charge < -0.3 is 15.2 Å². The molecule has 0 aromatic heterocycles. The minimum Gasteiger partial charge on any atom is -0.481 e. The number of carbonyl (C=O) groups is 1. The van der Waals surface area contributed by atoms with Crippen LogP contribution in [-0.4, -0.2) is 37.4 Å². The van der Waals surface area contributed by atoms with Gasteiger partial charge in [0.15, 0.2) is 0 Å². The maximum atomic E-state index is 10.9. The number of rotatable bonds is 7. The first-order chi connectivity index (χ1) is 7.24. The highest BCUT2D eigenvalue weighted by atomic mass is 16.5. The molecular formula is C11H21NO3. The number of nitrogens with one attached hydrogen (secondary N) is 1. The molecule has 4 nitrogen and oxygen atoms in total. The molecule has 0 radical (unpaired) electrons. The van der Waals surface area contributed by atoms with Crippen molar-refractivity contribution in [2.45, 2.75) is 38.1 Å². The van der Waals surface area contributed by atoms with Gasteiger partial charge in [-0.2, -0.15) is 0 Å². The molecule has 0 aromatic rings. The molecule has 1 saturated carbocycles. The molecule has 0 aromatic carbocycles. The fourth-order valence-electron chi connectivity index (χ4n) is 2.01. The summed E-state index contributed by atoms with van der Waals surface area (Å²) in [6.07, 6.45) is 5.51.